The summed E-state index contributed by atoms with van der Waals surface area (Å²) < 4.78 is 0. The molecule has 126 valence electrons. The smallest absolute Gasteiger partial charge is 0.253 e. The fourth-order valence-corrected chi connectivity index (χ4v) is 3.24. The Bertz CT molecular complexity index is 691. The van der Waals surface area contributed by atoms with Gasteiger partial charge in [0.1, 0.15) is 0 Å². The van der Waals surface area contributed by atoms with E-state index in [0.717, 1.165) is 55.3 Å². The molecule has 1 aliphatic rings. The minimum Gasteiger partial charge on any atom is -0.336 e. The molecular weight excluding hydrogens is 320 g/mol. The van der Waals surface area contributed by atoms with Crippen LogP contribution in [0, 0.1) is 0 Å². The number of hydrogen-bond acceptors (Lipinski definition) is 2. The Labute approximate surface area is 148 Å². The molecule has 1 aliphatic heterocycles. The summed E-state index contributed by atoms with van der Waals surface area (Å²) in [6.45, 7) is 6.24. The van der Waals surface area contributed by atoms with E-state index >= 15 is 0 Å². The Balaban J connectivity index is 1.56. The number of rotatable bonds is 4. The first-order valence-electron chi connectivity index (χ1n) is 8.51. The fraction of sp³-hybridized carbons (Fsp3) is 0.350. The molecule has 1 heterocycles. The van der Waals surface area contributed by atoms with E-state index in [9.17, 15) is 4.79 Å². The maximum absolute atomic E-state index is 12.6. The van der Waals surface area contributed by atoms with E-state index in [-0.39, 0.29) is 5.91 Å². The second-order valence-electron chi connectivity index (χ2n) is 6.21. The van der Waals surface area contributed by atoms with E-state index in [4.69, 9.17) is 11.6 Å². The molecule has 3 rings (SSSR count). The van der Waals surface area contributed by atoms with Crippen LogP contribution >= 0.6 is 11.6 Å². The zero-order chi connectivity index (χ0) is 16.9. The Morgan fingerprint density at radius 1 is 1.00 bits per heavy atom. The van der Waals surface area contributed by atoms with Gasteiger partial charge < -0.3 is 4.90 Å². The first-order valence-corrected chi connectivity index (χ1v) is 8.89. The van der Waals surface area contributed by atoms with Crippen molar-refractivity contribution in [2.75, 3.05) is 26.2 Å². The van der Waals surface area contributed by atoms with E-state index in [1.165, 1.54) is 5.56 Å². The molecule has 0 aliphatic carbocycles. The lowest BCUT2D eigenvalue weighted by atomic mass is 10.1. The molecule has 1 amide bonds. The molecule has 0 spiro atoms. The largest absolute Gasteiger partial charge is 0.336 e. The second-order valence-corrected chi connectivity index (χ2v) is 6.62. The van der Waals surface area contributed by atoms with Crippen LogP contribution in [0.4, 0.5) is 0 Å². The molecule has 3 nitrogen and oxygen atoms in total. The van der Waals surface area contributed by atoms with Crippen molar-refractivity contribution in [3.8, 4) is 0 Å². The number of nitrogens with zero attached hydrogens (tertiary/aromatic N) is 2. The van der Waals surface area contributed by atoms with Crippen molar-refractivity contribution in [2.45, 2.75) is 19.9 Å². The SMILES string of the molecule is CCc1ccc(C(=O)N2CCN(Cc3ccccc3Cl)CC2)cc1. The van der Waals surface area contributed by atoms with Crippen LogP contribution in [0.25, 0.3) is 0 Å². The average molecular weight is 343 g/mol. The van der Waals surface area contributed by atoms with Gasteiger partial charge in [0.25, 0.3) is 5.91 Å². The van der Waals surface area contributed by atoms with Crippen LogP contribution < -0.4 is 0 Å². The number of carbonyl (C=O) groups excluding carboxylic acids is 1. The fourth-order valence-electron chi connectivity index (χ4n) is 3.04. The average Bonchev–Trinajstić information content (AvgIpc) is 2.64. The molecule has 0 aromatic heterocycles. The topological polar surface area (TPSA) is 23.6 Å². The molecule has 0 bridgehead atoms. The molecule has 1 saturated heterocycles. The number of aryl methyl sites for hydroxylation is 1. The molecule has 2 aromatic carbocycles. The highest BCUT2D eigenvalue weighted by Crippen LogP contribution is 2.18. The van der Waals surface area contributed by atoms with Gasteiger partial charge in [-0.15, -0.1) is 0 Å². The molecule has 2 aromatic rings. The van der Waals surface area contributed by atoms with Crippen LogP contribution in [0.5, 0.6) is 0 Å². The lowest BCUT2D eigenvalue weighted by Crippen LogP contribution is -2.48. The van der Waals surface area contributed by atoms with Crippen LogP contribution in [-0.2, 0) is 13.0 Å². The highest BCUT2D eigenvalue weighted by molar-refractivity contribution is 6.31. The first-order chi connectivity index (χ1) is 11.7. The predicted molar refractivity (Wildman–Crippen MR) is 98.5 cm³/mol. The van der Waals surface area contributed by atoms with Gasteiger partial charge in [0.05, 0.1) is 0 Å². The summed E-state index contributed by atoms with van der Waals surface area (Å²) in [6, 6.07) is 15.9. The monoisotopic (exact) mass is 342 g/mol. The summed E-state index contributed by atoms with van der Waals surface area (Å²) in [5, 5.41) is 0.812. The predicted octanol–water partition coefficient (Wildman–Crippen LogP) is 3.86. The molecule has 0 radical (unpaired) electrons. The van der Waals surface area contributed by atoms with Crippen molar-refractivity contribution < 1.29 is 4.79 Å². The summed E-state index contributed by atoms with van der Waals surface area (Å²) in [5.74, 6) is 0.134. The van der Waals surface area contributed by atoms with Gasteiger partial charge in [-0.1, -0.05) is 48.9 Å². The summed E-state index contributed by atoms with van der Waals surface area (Å²) in [4.78, 5) is 16.9. The first kappa shape index (κ1) is 17.0. The van der Waals surface area contributed by atoms with Crippen molar-refractivity contribution in [2.24, 2.45) is 0 Å². The van der Waals surface area contributed by atoms with Crippen molar-refractivity contribution in [3.05, 3.63) is 70.2 Å². The normalized spacial score (nSPS) is 15.5. The Morgan fingerprint density at radius 2 is 1.67 bits per heavy atom. The van der Waals surface area contributed by atoms with E-state index < -0.39 is 0 Å². The Hall–Kier alpha value is -1.84. The summed E-state index contributed by atoms with van der Waals surface area (Å²) in [5.41, 5.74) is 3.19. The molecule has 4 heteroatoms. The third-order valence-electron chi connectivity index (χ3n) is 4.62. The maximum Gasteiger partial charge on any atom is 0.253 e. The molecule has 0 N–H and O–H groups in total. The van der Waals surface area contributed by atoms with Gasteiger partial charge in [-0.05, 0) is 35.7 Å². The molecular formula is C20H23ClN2O. The number of halogens is 1. The molecule has 0 atom stereocenters. The number of hydrogen-bond donors (Lipinski definition) is 0. The van der Waals surface area contributed by atoms with E-state index in [0.29, 0.717) is 0 Å². The maximum atomic E-state index is 12.6. The van der Waals surface area contributed by atoms with Crippen molar-refractivity contribution in [1.82, 2.24) is 9.80 Å². The number of amides is 1. The molecule has 1 fully saturated rings. The van der Waals surface area contributed by atoms with Crippen LogP contribution in [-0.4, -0.2) is 41.9 Å². The standard InChI is InChI=1S/C20H23ClN2O/c1-2-16-7-9-17(10-8-16)20(24)23-13-11-22(12-14-23)15-18-5-3-4-6-19(18)21/h3-10H,2,11-15H2,1H3. The Morgan fingerprint density at radius 3 is 2.29 bits per heavy atom. The highest BCUT2D eigenvalue weighted by atomic mass is 35.5. The third-order valence-corrected chi connectivity index (χ3v) is 4.99. The van der Waals surface area contributed by atoms with Crippen molar-refractivity contribution >= 4 is 17.5 Å². The minimum atomic E-state index is 0.134. The van der Waals surface area contributed by atoms with Gasteiger partial charge in [0.15, 0.2) is 0 Å². The third kappa shape index (κ3) is 3.97. The molecule has 24 heavy (non-hydrogen) atoms. The number of piperazine rings is 1. The summed E-state index contributed by atoms with van der Waals surface area (Å²) in [6.07, 6.45) is 0.995. The van der Waals surface area contributed by atoms with Gasteiger partial charge in [-0.2, -0.15) is 0 Å². The van der Waals surface area contributed by atoms with E-state index in [1.54, 1.807) is 0 Å². The van der Waals surface area contributed by atoms with E-state index in [2.05, 4.69) is 17.9 Å². The summed E-state index contributed by atoms with van der Waals surface area (Å²) in [7, 11) is 0. The quantitative estimate of drug-likeness (QED) is 0.842. The lowest BCUT2D eigenvalue weighted by molar-refractivity contribution is 0.0628. The minimum absolute atomic E-state index is 0.134. The highest BCUT2D eigenvalue weighted by Gasteiger charge is 2.22. The van der Waals surface area contributed by atoms with E-state index in [1.807, 2.05) is 47.4 Å². The lowest BCUT2D eigenvalue weighted by Gasteiger charge is -2.35. The second kappa shape index (κ2) is 7.82. The van der Waals surface area contributed by atoms with Crippen LogP contribution in [0.2, 0.25) is 5.02 Å². The van der Waals surface area contributed by atoms with Gasteiger partial charge >= 0.3 is 0 Å². The molecule has 0 unspecified atom stereocenters. The Kier molecular flexibility index (Phi) is 5.54. The van der Waals surface area contributed by atoms with Crippen LogP contribution in [0.1, 0.15) is 28.4 Å². The number of benzene rings is 2. The number of carbonyl (C=O) groups is 1. The van der Waals surface area contributed by atoms with Crippen LogP contribution in [0.15, 0.2) is 48.5 Å². The van der Waals surface area contributed by atoms with Gasteiger partial charge in [0.2, 0.25) is 0 Å². The molecule has 0 saturated carbocycles. The van der Waals surface area contributed by atoms with Crippen LogP contribution in [0.3, 0.4) is 0 Å². The van der Waals surface area contributed by atoms with Crippen molar-refractivity contribution in [3.63, 3.8) is 0 Å². The van der Waals surface area contributed by atoms with Crippen molar-refractivity contribution in [1.29, 1.82) is 0 Å². The zero-order valence-electron chi connectivity index (χ0n) is 14.0. The zero-order valence-corrected chi connectivity index (χ0v) is 14.8. The van der Waals surface area contributed by atoms with Gasteiger partial charge in [0, 0.05) is 43.3 Å². The van der Waals surface area contributed by atoms with Gasteiger partial charge in [-0.25, -0.2) is 0 Å². The van der Waals surface area contributed by atoms with Gasteiger partial charge in [-0.3, -0.25) is 9.69 Å². The summed E-state index contributed by atoms with van der Waals surface area (Å²) >= 11 is 6.24.